The van der Waals surface area contributed by atoms with Gasteiger partial charge in [-0.05, 0) is 84.0 Å². The summed E-state index contributed by atoms with van der Waals surface area (Å²) in [5.74, 6) is -4.69. The lowest BCUT2D eigenvalue weighted by molar-refractivity contribution is -0.299. The number of esters is 1. The van der Waals surface area contributed by atoms with Crippen molar-refractivity contribution in [3.8, 4) is 0 Å². The van der Waals surface area contributed by atoms with Gasteiger partial charge in [-0.2, -0.15) is 0 Å². The zero-order valence-corrected chi connectivity index (χ0v) is 38.1. The van der Waals surface area contributed by atoms with Gasteiger partial charge in [-0.25, -0.2) is 22.7 Å². The Balaban J connectivity index is 1.45. The van der Waals surface area contributed by atoms with E-state index < -0.39 is 106 Å². The van der Waals surface area contributed by atoms with Gasteiger partial charge < -0.3 is 49.1 Å². The normalized spacial score (nSPS) is 39.1. The summed E-state index contributed by atoms with van der Waals surface area (Å²) in [6.45, 7) is 13.0. The van der Waals surface area contributed by atoms with E-state index in [1.54, 1.807) is 72.7 Å². The van der Waals surface area contributed by atoms with Crippen molar-refractivity contribution in [2.45, 2.75) is 146 Å². The number of carbonyl (C=O) groups is 4. The predicted molar refractivity (Wildman–Crippen MR) is 226 cm³/mol. The van der Waals surface area contributed by atoms with Gasteiger partial charge in [0, 0.05) is 30.3 Å². The molecule has 4 fully saturated rings. The molecule has 2 bridgehead atoms. The molecule has 4 aliphatic rings. The smallest absolute Gasteiger partial charge is 0.408 e. The van der Waals surface area contributed by atoms with Gasteiger partial charge in [0.05, 0.1) is 41.7 Å². The second-order valence-corrected chi connectivity index (χ2v) is 20.0. The number of aliphatic hydroxyl groups excluding tert-OH is 1. The zero-order valence-electron chi connectivity index (χ0n) is 37.3. The van der Waals surface area contributed by atoms with Crippen LogP contribution in [0.4, 0.5) is 9.59 Å². The molecule has 0 aliphatic carbocycles. The van der Waals surface area contributed by atoms with Gasteiger partial charge in [0.25, 0.3) is 0 Å². The van der Waals surface area contributed by atoms with E-state index in [9.17, 15) is 32.7 Å². The molecule has 4 aliphatic heterocycles. The van der Waals surface area contributed by atoms with Crippen molar-refractivity contribution in [1.29, 1.82) is 0 Å². The molecule has 6 rings (SSSR count). The largest absolute Gasteiger partial charge is 0.458 e. The Morgan fingerprint density at radius 1 is 0.952 bits per heavy atom. The number of carbonyl (C=O) groups excluding carboxylic acids is 4. The van der Waals surface area contributed by atoms with E-state index in [1.807, 2.05) is 38.1 Å². The van der Waals surface area contributed by atoms with Crippen molar-refractivity contribution >= 4 is 44.7 Å². The molecule has 2 amide bonds. The summed E-state index contributed by atoms with van der Waals surface area (Å²) in [7, 11) is -0.537. The molecule has 1 unspecified atom stereocenters. The first-order valence-electron chi connectivity index (χ1n) is 21.6. The first-order chi connectivity index (χ1) is 29.1. The molecule has 62 heavy (non-hydrogen) atoms. The van der Waals surface area contributed by atoms with Crippen LogP contribution in [0.5, 0.6) is 0 Å². The highest BCUT2D eigenvalue weighted by Crippen LogP contribution is 2.42. The van der Waals surface area contributed by atoms with E-state index in [1.165, 1.54) is 6.07 Å². The lowest BCUT2D eigenvalue weighted by Crippen LogP contribution is -2.61. The molecule has 0 aromatic heterocycles. The van der Waals surface area contributed by atoms with E-state index in [0.717, 1.165) is 5.39 Å². The quantitative estimate of drug-likeness (QED) is 0.229. The van der Waals surface area contributed by atoms with Crippen LogP contribution in [0.15, 0.2) is 47.4 Å². The highest BCUT2D eigenvalue weighted by molar-refractivity contribution is 7.89. The number of hydrogen-bond acceptors (Lipinski definition) is 14. The van der Waals surface area contributed by atoms with Crippen LogP contribution in [0.2, 0.25) is 0 Å². The average molecular weight is 889 g/mol. The van der Waals surface area contributed by atoms with Gasteiger partial charge in [-0.1, -0.05) is 58.0 Å². The summed E-state index contributed by atoms with van der Waals surface area (Å²) in [6.07, 6.45) is -7.22. The number of hydrogen-bond donors (Lipinski definition) is 4. The Kier molecular flexibility index (Phi) is 14.3. The molecule has 4 saturated heterocycles. The van der Waals surface area contributed by atoms with Crippen molar-refractivity contribution in [2.24, 2.45) is 23.7 Å². The number of ketones is 1. The number of nitrogens with one attached hydrogen (secondary N) is 3. The number of cyclic esters (lactones) is 1. The van der Waals surface area contributed by atoms with Gasteiger partial charge in [0.1, 0.15) is 29.7 Å². The number of amides is 2. The number of alkyl carbamates (subject to hydrolysis) is 2. The van der Waals surface area contributed by atoms with Crippen LogP contribution in [-0.4, -0.2) is 136 Å². The Hall–Kier alpha value is -3.91. The summed E-state index contributed by atoms with van der Waals surface area (Å²) in [6, 6.07) is 9.71. The summed E-state index contributed by atoms with van der Waals surface area (Å²) in [5.41, 5.74) is -3.14. The van der Waals surface area contributed by atoms with E-state index in [-0.39, 0.29) is 48.8 Å². The lowest BCUT2D eigenvalue weighted by atomic mass is 9.73. The molecule has 0 saturated carbocycles. The Morgan fingerprint density at radius 3 is 2.32 bits per heavy atom. The molecule has 0 radical (unpaired) electrons. The number of benzene rings is 2. The Labute approximate surface area is 364 Å². The van der Waals surface area contributed by atoms with Crippen molar-refractivity contribution in [2.75, 3.05) is 27.2 Å². The third kappa shape index (κ3) is 9.76. The number of rotatable bonds is 7. The highest BCUT2D eigenvalue weighted by atomic mass is 32.2. The molecule has 18 heteroatoms. The topological polar surface area (TPSA) is 217 Å². The molecule has 15 atom stereocenters. The lowest BCUT2D eigenvalue weighted by Gasteiger charge is -2.48. The second kappa shape index (κ2) is 18.7. The maximum Gasteiger partial charge on any atom is 0.408 e. The summed E-state index contributed by atoms with van der Waals surface area (Å²) < 4.78 is 68.7. The highest BCUT2D eigenvalue weighted by Gasteiger charge is 2.58. The summed E-state index contributed by atoms with van der Waals surface area (Å²) in [4.78, 5) is 57.9. The van der Waals surface area contributed by atoms with Crippen LogP contribution in [0, 0.1) is 23.7 Å². The van der Waals surface area contributed by atoms with Gasteiger partial charge in [-0.15, -0.1) is 0 Å². The third-order valence-electron chi connectivity index (χ3n) is 13.3. The molecular weight excluding hydrogens is 825 g/mol. The average Bonchev–Trinajstić information content (AvgIpc) is 3.53. The van der Waals surface area contributed by atoms with Gasteiger partial charge in [0.15, 0.2) is 11.9 Å². The number of aliphatic hydroxyl groups is 1. The Morgan fingerprint density at radius 2 is 1.65 bits per heavy atom. The Bertz CT molecular complexity index is 2090. The SMILES string of the molecule is CC[C@H]1OC(=O)[C@H](C)[C@H]2OCC(NS(=O)(=O)c3ccc4ccccc4c3)CNC(=O)O[C@](C)(C[C@@H](C)C(=O)[C@H](C)[C@@H]3NC(=O)O[C@]13C)[C@H](O[C@@H]1O[C@H](C)C[C@H](N(C)C)[C@H]1O)[C@H]2C. The van der Waals surface area contributed by atoms with Gasteiger partial charge in [-0.3, -0.25) is 9.59 Å². The molecule has 4 N–H and O–H groups in total. The minimum atomic E-state index is -4.21. The van der Waals surface area contributed by atoms with Crippen molar-refractivity contribution in [3.63, 3.8) is 0 Å². The first kappa shape index (κ1) is 47.6. The van der Waals surface area contributed by atoms with Crippen LogP contribution in [0.25, 0.3) is 10.8 Å². The van der Waals surface area contributed by atoms with Crippen LogP contribution < -0.4 is 15.4 Å². The van der Waals surface area contributed by atoms with Gasteiger partial charge in [0.2, 0.25) is 10.0 Å². The number of fused-ring (bicyclic) bond motifs is 5. The van der Waals surface area contributed by atoms with E-state index in [2.05, 4.69) is 15.4 Å². The molecule has 4 heterocycles. The zero-order chi connectivity index (χ0) is 45.5. The van der Waals surface area contributed by atoms with Crippen LogP contribution in [-0.2, 0) is 48.0 Å². The maximum atomic E-state index is 14.5. The number of sulfonamides is 1. The number of Topliss-reactive ketones (excluding diaryl/α,β-unsaturated/α-hetero) is 1. The molecule has 0 spiro atoms. The fourth-order valence-corrected chi connectivity index (χ4v) is 11.2. The fraction of sp³-hybridized carbons (Fsp3) is 0.682. The van der Waals surface area contributed by atoms with E-state index in [0.29, 0.717) is 11.8 Å². The van der Waals surface area contributed by atoms with Crippen LogP contribution >= 0.6 is 0 Å². The van der Waals surface area contributed by atoms with Crippen molar-refractivity contribution in [1.82, 2.24) is 20.3 Å². The number of nitrogens with zero attached hydrogens (tertiary/aromatic N) is 1. The van der Waals surface area contributed by atoms with Crippen LogP contribution in [0.3, 0.4) is 0 Å². The number of ether oxygens (including phenoxy) is 6. The molecule has 2 aromatic rings. The summed E-state index contributed by atoms with van der Waals surface area (Å²) >= 11 is 0. The second-order valence-electron chi connectivity index (χ2n) is 18.3. The molecule has 2 aromatic carbocycles. The molecule has 17 nitrogen and oxygen atoms in total. The van der Waals surface area contributed by atoms with Gasteiger partial charge >= 0.3 is 18.2 Å². The van der Waals surface area contributed by atoms with Crippen molar-refractivity contribution < 1.29 is 61.1 Å². The molecular formula is C44H64N4O13S. The fourth-order valence-electron chi connectivity index (χ4n) is 9.96. The minimum absolute atomic E-state index is 0.00907. The van der Waals surface area contributed by atoms with E-state index in [4.69, 9.17) is 28.4 Å². The van der Waals surface area contributed by atoms with Crippen molar-refractivity contribution in [3.05, 3.63) is 42.5 Å². The first-order valence-corrected chi connectivity index (χ1v) is 23.1. The number of likely N-dealkylation sites (N-methyl/N-ethyl adjacent to an activating group) is 1. The minimum Gasteiger partial charge on any atom is -0.458 e. The molecule has 344 valence electrons. The predicted octanol–water partition coefficient (Wildman–Crippen LogP) is 3.89. The monoisotopic (exact) mass is 888 g/mol. The standard InChI is InChI=1S/C44H64N4O13S/c1-11-33-44(8)37(46-42(53)61-44)25(4)34(49)23(2)20-43(7)38(59-40-35(50)32(48(9)10)18-24(3)57-40)26(5)36(27(6)39(51)58-33)56-22-30(21-45-41(52)60-43)47-62(54,55)31-17-16-28-14-12-13-15-29(28)19-31/h12-17,19,23-27,30,32-33,35-38,40,47,50H,11,18,20-22H2,1-10H3,(H,45,52)(H,46,53)/t23-,24-,25+,26+,27-,30?,32+,33-,35-,36+,37+,38-,40+,43-,44-/m1/s1. The maximum absolute atomic E-state index is 14.5. The van der Waals surface area contributed by atoms with Crippen LogP contribution in [0.1, 0.15) is 74.7 Å². The third-order valence-corrected chi connectivity index (χ3v) is 14.8. The summed E-state index contributed by atoms with van der Waals surface area (Å²) in [5, 5.41) is 18.7. The van der Waals surface area contributed by atoms with E-state index >= 15 is 0 Å².